The number of hydrogen-bond acceptors (Lipinski definition) is 5. The molecular formula is C23H29N3O4S. The number of likely N-dealkylation sites (tertiary alicyclic amines) is 1. The monoisotopic (exact) mass is 443 g/mol. The third-order valence-corrected chi connectivity index (χ3v) is 7.85. The lowest BCUT2D eigenvalue weighted by atomic mass is 10.0. The number of nitrogens with zero attached hydrogens (tertiary/aromatic N) is 2. The van der Waals surface area contributed by atoms with Gasteiger partial charge in [0.1, 0.15) is 6.04 Å². The molecule has 1 atom stereocenters. The highest BCUT2D eigenvalue weighted by atomic mass is 32.2. The summed E-state index contributed by atoms with van der Waals surface area (Å²) in [6, 6.07) is 16.1. The molecule has 1 N–H and O–H groups in total. The molecule has 0 radical (unpaired) electrons. The molecule has 0 spiro atoms. The summed E-state index contributed by atoms with van der Waals surface area (Å²) in [5.74, 6) is 0.0391. The summed E-state index contributed by atoms with van der Waals surface area (Å²) in [5.41, 5.74) is 1.54. The minimum Gasteiger partial charge on any atom is -0.379 e. The van der Waals surface area contributed by atoms with E-state index in [0.29, 0.717) is 31.9 Å². The Hall–Kier alpha value is -2.26. The molecule has 166 valence electrons. The van der Waals surface area contributed by atoms with Crippen LogP contribution in [-0.4, -0.2) is 62.9 Å². The van der Waals surface area contributed by atoms with E-state index in [4.69, 9.17) is 4.74 Å². The van der Waals surface area contributed by atoms with Crippen LogP contribution in [0, 0.1) is 0 Å². The first-order valence-electron chi connectivity index (χ1n) is 10.8. The number of carbonyl (C=O) groups excluding carboxylic acids is 1. The molecule has 2 aliphatic rings. The first-order chi connectivity index (χ1) is 15.1. The second-order valence-corrected chi connectivity index (χ2v) is 9.79. The zero-order valence-electron chi connectivity index (χ0n) is 17.6. The van der Waals surface area contributed by atoms with E-state index < -0.39 is 16.1 Å². The van der Waals surface area contributed by atoms with Crippen LogP contribution in [0.4, 0.5) is 0 Å². The second-order valence-electron chi connectivity index (χ2n) is 7.88. The van der Waals surface area contributed by atoms with Gasteiger partial charge >= 0.3 is 0 Å². The van der Waals surface area contributed by atoms with Gasteiger partial charge in [-0.05, 0) is 30.0 Å². The molecule has 2 aromatic rings. The number of benzene rings is 2. The fourth-order valence-electron chi connectivity index (χ4n) is 4.15. The maximum atomic E-state index is 13.2. The van der Waals surface area contributed by atoms with Crippen molar-refractivity contribution in [1.29, 1.82) is 0 Å². The van der Waals surface area contributed by atoms with Crippen LogP contribution in [0.15, 0.2) is 59.5 Å². The van der Waals surface area contributed by atoms with Gasteiger partial charge in [-0.1, -0.05) is 48.5 Å². The summed E-state index contributed by atoms with van der Waals surface area (Å²) in [4.78, 5) is 15.4. The lowest BCUT2D eigenvalue weighted by Gasteiger charge is -2.28. The molecule has 31 heavy (non-hydrogen) atoms. The number of morpholine rings is 1. The Bertz CT molecular complexity index is 985. The fraction of sp³-hybridized carbons (Fsp3) is 0.435. The van der Waals surface area contributed by atoms with E-state index in [9.17, 15) is 13.2 Å². The fourth-order valence-corrected chi connectivity index (χ4v) is 5.78. The van der Waals surface area contributed by atoms with E-state index >= 15 is 0 Å². The van der Waals surface area contributed by atoms with Crippen LogP contribution >= 0.6 is 0 Å². The van der Waals surface area contributed by atoms with Crippen LogP contribution in [-0.2, 0) is 26.1 Å². The summed E-state index contributed by atoms with van der Waals surface area (Å²) in [6.07, 6.45) is 2.04. The van der Waals surface area contributed by atoms with Crippen molar-refractivity contribution in [3.63, 3.8) is 0 Å². The topological polar surface area (TPSA) is 79.0 Å². The van der Waals surface area contributed by atoms with E-state index in [1.165, 1.54) is 4.31 Å². The van der Waals surface area contributed by atoms with Crippen LogP contribution in [0.1, 0.15) is 30.0 Å². The lowest BCUT2D eigenvalue weighted by Crippen LogP contribution is -2.41. The molecule has 2 heterocycles. The number of rotatable bonds is 7. The Kier molecular flexibility index (Phi) is 7.02. The summed E-state index contributed by atoms with van der Waals surface area (Å²) in [7, 11) is -3.62. The Balaban J connectivity index is 1.57. The Morgan fingerprint density at radius 1 is 0.935 bits per heavy atom. The first-order valence-corrected chi connectivity index (χ1v) is 12.2. The summed E-state index contributed by atoms with van der Waals surface area (Å²) >= 11 is 0. The minimum atomic E-state index is -3.62. The number of amides is 1. The number of ether oxygens (including phenoxy) is 1. The van der Waals surface area contributed by atoms with E-state index in [0.717, 1.165) is 31.5 Å². The molecule has 8 heteroatoms. The van der Waals surface area contributed by atoms with Crippen molar-refractivity contribution < 1.29 is 17.9 Å². The molecule has 0 unspecified atom stereocenters. The van der Waals surface area contributed by atoms with Crippen LogP contribution in [0.25, 0.3) is 0 Å². The Labute approximate surface area is 184 Å². The molecule has 0 aromatic heterocycles. The summed E-state index contributed by atoms with van der Waals surface area (Å²) in [6.45, 7) is 3.32. The molecule has 1 amide bonds. The third-order valence-electron chi connectivity index (χ3n) is 5.85. The zero-order valence-corrected chi connectivity index (χ0v) is 18.4. The normalized spacial score (nSPS) is 18.8. The SMILES string of the molecule is O=C([C@H](NCc1ccccc1S(=O)(=O)N1CCOCC1)c1ccccc1)N1CCCC1. The van der Waals surface area contributed by atoms with Gasteiger partial charge in [0.2, 0.25) is 15.9 Å². The maximum Gasteiger partial charge on any atom is 0.244 e. The number of nitrogens with one attached hydrogen (secondary N) is 1. The molecular weight excluding hydrogens is 414 g/mol. The van der Waals surface area contributed by atoms with Crippen LogP contribution in [0.2, 0.25) is 0 Å². The van der Waals surface area contributed by atoms with E-state index in [2.05, 4.69) is 5.32 Å². The van der Waals surface area contributed by atoms with Gasteiger partial charge in [-0.2, -0.15) is 4.31 Å². The van der Waals surface area contributed by atoms with Crippen LogP contribution < -0.4 is 5.32 Å². The smallest absolute Gasteiger partial charge is 0.244 e. The van der Waals surface area contributed by atoms with Gasteiger partial charge in [0.15, 0.2) is 0 Å². The zero-order chi connectivity index (χ0) is 21.7. The Morgan fingerprint density at radius 3 is 2.29 bits per heavy atom. The lowest BCUT2D eigenvalue weighted by molar-refractivity contribution is -0.132. The molecule has 0 aliphatic carbocycles. The predicted molar refractivity (Wildman–Crippen MR) is 118 cm³/mol. The van der Waals surface area contributed by atoms with Crippen molar-refractivity contribution in [1.82, 2.24) is 14.5 Å². The van der Waals surface area contributed by atoms with Crippen molar-refractivity contribution >= 4 is 15.9 Å². The largest absolute Gasteiger partial charge is 0.379 e. The highest BCUT2D eigenvalue weighted by Crippen LogP contribution is 2.24. The van der Waals surface area contributed by atoms with Gasteiger partial charge in [0.25, 0.3) is 0 Å². The molecule has 2 aromatic carbocycles. The van der Waals surface area contributed by atoms with Gasteiger partial charge in [0, 0.05) is 32.7 Å². The molecule has 0 bridgehead atoms. The Morgan fingerprint density at radius 2 is 1.58 bits per heavy atom. The van der Waals surface area contributed by atoms with Gasteiger partial charge < -0.3 is 9.64 Å². The van der Waals surface area contributed by atoms with E-state index in [-0.39, 0.29) is 17.3 Å². The number of carbonyl (C=O) groups is 1. The van der Waals surface area contributed by atoms with Crippen molar-refractivity contribution in [3.05, 3.63) is 65.7 Å². The van der Waals surface area contributed by atoms with Crippen LogP contribution in [0.3, 0.4) is 0 Å². The maximum absolute atomic E-state index is 13.2. The van der Waals surface area contributed by atoms with Gasteiger partial charge in [-0.3, -0.25) is 10.1 Å². The highest BCUT2D eigenvalue weighted by Gasteiger charge is 2.30. The van der Waals surface area contributed by atoms with Gasteiger partial charge in [-0.25, -0.2) is 8.42 Å². The third kappa shape index (κ3) is 4.98. The number of hydrogen-bond donors (Lipinski definition) is 1. The van der Waals surface area contributed by atoms with Crippen molar-refractivity contribution in [2.24, 2.45) is 0 Å². The number of sulfonamides is 1. The van der Waals surface area contributed by atoms with Crippen molar-refractivity contribution in [3.8, 4) is 0 Å². The molecule has 7 nitrogen and oxygen atoms in total. The summed E-state index contributed by atoms with van der Waals surface area (Å²) in [5, 5.41) is 3.35. The molecule has 0 saturated carbocycles. The standard InChI is InChI=1S/C23H29N3O4S/c27-23(25-12-6-7-13-25)22(19-8-2-1-3-9-19)24-18-20-10-4-5-11-21(20)31(28,29)26-14-16-30-17-15-26/h1-5,8-11,22,24H,6-7,12-18H2/t22-/m1/s1. The van der Waals surface area contributed by atoms with Gasteiger partial charge in [-0.15, -0.1) is 0 Å². The van der Waals surface area contributed by atoms with Crippen molar-refractivity contribution in [2.75, 3.05) is 39.4 Å². The molecule has 4 rings (SSSR count). The van der Waals surface area contributed by atoms with Crippen molar-refractivity contribution in [2.45, 2.75) is 30.3 Å². The predicted octanol–water partition coefficient (Wildman–Crippen LogP) is 2.16. The molecule has 2 aliphatic heterocycles. The average Bonchev–Trinajstić information content (AvgIpc) is 3.36. The highest BCUT2D eigenvalue weighted by molar-refractivity contribution is 7.89. The minimum absolute atomic E-state index is 0.0391. The summed E-state index contributed by atoms with van der Waals surface area (Å²) < 4.78 is 33.2. The van der Waals surface area contributed by atoms with E-state index in [1.54, 1.807) is 12.1 Å². The first kappa shape index (κ1) is 22.0. The second kappa shape index (κ2) is 9.91. The average molecular weight is 444 g/mol. The van der Waals surface area contributed by atoms with Crippen LogP contribution in [0.5, 0.6) is 0 Å². The van der Waals surface area contributed by atoms with Gasteiger partial charge in [0.05, 0.1) is 18.1 Å². The quantitative estimate of drug-likeness (QED) is 0.710. The van der Waals surface area contributed by atoms with E-state index in [1.807, 2.05) is 47.4 Å². The molecule has 2 fully saturated rings. The molecule has 2 saturated heterocycles.